The number of carbonyl (C=O) groups excluding carboxylic acids is 2. The average Bonchev–Trinajstić information content (AvgIpc) is 3.47. The highest BCUT2D eigenvalue weighted by Gasteiger charge is 2.32. The number of para-hydroxylation sites is 1. The summed E-state index contributed by atoms with van der Waals surface area (Å²) >= 11 is 1.15. The summed E-state index contributed by atoms with van der Waals surface area (Å²) in [6.45, 7) is 3.90. The fourth-order valence-electron chi connectivity index (χ4n) is 3.36. The Bertz CT molecular complexity index is 1320. The number of aromatic nitrogens is 2. The summed E-state index contributed by atoms with van der Waals surface area (Å²) in [6, 6.07) is 14.6. The van der Waals surface area contributed by atoms with Gasteiger partial charge >= 0.3 is 5.88 Å². The van der Waals surface area contributed by atoms with Crippen LogP contribution in [0.25, 0.3) is 6.08 Å². The van der Waals surface area contributed by atoms with E-state index in [2.05, 4.69) is 15.6 Å². The van der Waals surface area contributed by atoms with Gasteiger partial charge in [0.1, 0.15) is 5.70 Å². The molecule has 0 radical (unpaired) electrons. The van der Waals surface area contributed by atoms with Gasteiger partial charge in [0.25, 0.3) is 12.1 Å². The second kappa shape index (κ2) is 11.1. The van der Waals surface area contributed by atoms with Crippen LogP contribution in [0.2, 0.25) is 0 Å². The molecule has 2 heterocycles. The van der Waals surface area contributed by atoms with Gasteiger partial charge in [-0.3, -0.25) is 24.3 Å². The lowest BCUT2D eigenvalue weighted by atomic mass is 10.1. The van der Waals surface area contributed by atoms with Crippen LogP contribution in [0.1, 0.15) is 25.5 Å². The summed E-state index contributed by atoms with van der Waals surface area (Å²) in [5.41, 5.74) is 1.61. The van der Waals surface area contributed by atoms with Gasteiger partial charge in [-0.1, -0.05) is 36.0 Å². The van der Waals surface area contributed by atoms with E-state index in [9.17, 15) is 9.59 Å². The van der Waals surface area contributed by atoms with Crippen molar-refractivity contribution >= 4 is 46.4 Å². The molecular formula is C25H26N5O5S+. The van der Waals surface area contributed by atoms with Crippen LogP contribution in [0, 0.1) is 0 Å². The van der Waals surface area contributed by atoms with Crippen LogP contribution in [0.3, 0.4) is 0 Å². The quantitative estimate of drug-likeness (QED) is 0.365. The standard InChI is InChI=1S/C25H25N5O5S/c1-16(2)29-14-23(35-28-29)27-22(31)15-36-25-26-19(24(32)30(25)18-8-6-5-7-9-18)12-17-10-11-20(33-3)21(13-17)34-4/h5-14,16H,15H2,1-4H3/p+1/b19-12+. The molecule has 1 aromatic heterocycles. The van der Waals surface area contributed by atoms with Crippen LogP contribution in [0.4, 0.5) is 11.6 Å². The van der Waals surface area contributed by atoms with Crippen molar-refractivity contribution in [3.8, 4) is 11.5 Å². The molecule has 0 aliphatic carbocycles. The number of carbonyl (C=O) groups is 2. The predicted molar refractivity (Wildman–Crippen MR) is 137 cm³/mol. The Morgan fingerprint density at radius 2 is 1.92 bits per heavy atom. The smallest absolute Gasteiger partial charge is 0.302 e. The molecular weight excluding hydrogens is 482 g/mol. The number of amidine groups is 1. The van der Waals surface area contributed by atoms with E-state index in [1.807, 2.05) is 50.2 Å². The van der Waals surface area contributed by atoms with E-state index in [0.717, 1.165) is 17.3 Å². The van der Waals surface area contributed by atoms with Crippen LogP contribution in [-0.2, 0) is 9.59 Å². The molecule has 11 heteroatoms. The van der Waals surface area contributed by atoms with Crippen molar-refractivity contribution in [2.75, 3.05) is 30.2 Å². The lowest BCUT2D eigenvalue weighted by Crippen LogP contribution is -2.37. The van der Waals surface area contributed by atoms with Crippen molar-refractivity contribution in [2.24, 2.45) is 4.99 Å². The second-order valence-corrected chi connectivity index (χ2v) is 8.93. The normalized spacial score (nSPS) is 14.4. The van der Waals surface area contributed by atoms with Gasteiger partial charge in [-0.05, 0) is 54.4 Å². The molecule has 3 aromatic rings. The zero-order chi connectivity index (χ0) is 25.7. The van der Waals surface area contributed by atoms with Gasteiger partial charge in [0.05, 0.1) is 25.7 Å². The number of methoxy groups -OCH3 is 2. The lowest BCUT2D eigenvalue weighted by molar-refractivity contribution is -0.779. The maximum Gasteiger partial charge on any atom is 0.302 e. The Hall–Kier alpha value is -4.12. The highest BCUT2D eigenvalue weighted by atomic mass is 32.2. The van der Waals surface area contributed by atoms with E-state index in [0.29, 0.717) is 22.4 Å². The number of aliphatic imine (C=N–C) groups is 1. The van der Waals surface area contributed by atoms with Crippen LogP contribution < -0.4 is 24.4 Å². The van der Waals surface area contributed by atoms with E-state index in [4.69, 9.17) is 14.0 Å². The average molecular weight is 509 g/mol. The highest BCUT2D eigenvalue weighted by molar-refractivity contribution is 8.14. The molecule has 4 rings (SSSR count). The largest absolute Gasteiger partial charge is 0.493 e. The minimum atomic E-state index is -0.312. The summed E-state index contributed by atoms with van der Waals surface area (Å²) in [5.74, 6) is 0.771. The summed E-state index contributed by atoms with van der Waals surface area (Å²) in [6.07, 6.45) is 3.29. The maximum absolute atomic E-state index is 13.3. The third-order valence-electron chi connectivity index (χ3n) is 5.16. The molecule has 0 fully saturated rings. The third kappa shape index (κ3) is 5.57. The number of rotatable bonds is 8. The monoisotopic (exact) mass is 508 g/mol. The molecule has 2 amide bonds. The van der Waals surface area contributed by atoms with E-state index in [1.165, 1.54) is 4.90 Å². The van der Waals surface area contributed by atoms with E-state index in [1.54, 1.807) is 43.3 Å². The van der Waals surface area contributed by atoms with E-state index < -0.39 is 0 Å². The molecule has 0 bridgehead atoms. The van der Waals surface area contributed by atoms with Crippen molar-refractivity contribution in [2.45, 2.75) is 19.9 Å². The molecule has 0 saturated carbocycles. The van der Waals surface area contributed by atoms with Crippen LogP contribution in [0.5, 0.6) is 11.5 Å². The van der Waals surface area contributed by atoms with Gasteiger partial charge in [0, 0.05) is 0 Å². The third-order valence-corrected chi connectivity index (χ3v) is 6.10. The maximum atomic E-state index is 13.3. The Kier molecular flexibility index (Phi) is 7.69. The fraction of sp³-hybridized carbons (Fsp3) is 0.240. The zero-order valence-corrected chi connectivity index (χ0v) is 21.1. The number of nitrogens with one attached hydrogen (secondary N) is 1. The van der Waals surface area contributed by atoms with E-state index in [-0.39, 0.29) is 35.2 Å². The number of nitrogens with zero attached hydrogens (tertiary/aromatic N) is 4. The van der Waals surface area contributed by atoms with Crippen molar-refractivity contribution in [1.82, 2.24) is 5.27 Å². The summed E-state index contributed by atoms with van der Waals surface area (Å²) < 4.78 is 17.4. The molecule has 186 valence electrons. The fourth-order valence-corrected chi connectivity index (χ4v) is 4.17. The van der Waals surface area contributed by atoms with E-state index >= 15 is 0 Å². The number of amides is 2. The number of hydrogen-bond acceptors (Lipinski definition) is 8. The first-order valence-electron chi connectivity index (χ1n) is 11.1. The number of benzene rings is 2. The van der Waals surface area contributed by atoms with Crippen LogP contribution in [-0.4, -0.2) is 42.2 Å². The first-order chi connectivity index (χ1) is 17.4. The topological polar surface area (TPSA) is 110 Å². The molecule has 0 spiro atoms. The van der Waals surface area contributed by atoms with Gasteiger partial charge < -0.3 is 9.47 Å². The molecule has 1 N–H and O–H groups in total. The first-order valence-corrected chi connectivity index (χ1v) is 12.1. The Labute approximate surface area is 212 Å². The minimum absolute atomic E-state index is 0.0153. The van der Waals surface area contributed by atoms with Gasteiger partial charge in [0.15, 0.2) is 22.7 Å². The number of anilines is 2. The van der Waals surface area contributed by atoms with Gasteiger partial charge in [0.2, 0.25) is 11.2 Å². The molecule has 0 atom stereocenters. The molecule has 10 nitrogen and oxygen atoms in total. The van der Waals surface area contributed by atoms with Crippen molar-refractivity contribution in [3.05, 3.63) is 66.0 Å². The predicted octanol–water partition coefficient (Wildman–Crippen LogP) is 3.68. The first kappa shape index (κ1) is 25.0. The van der Waals surface area contributed by atoms with Crippen LogP contribution in [0.15, 0.2) is 69.9 Å². The van der Waals surface area contributed by atoms with Gasteiger partial charge in [-0.15, -0.1) is 0 Å². The Morgan fingerprint density at radius 3 is 2.58 bits per heavy atom. The molecule has 1 aliphatic heterocycles. The highest BCUT2D eigenvalue weighted by Crippen LogP contribution is 2.32. The molecule has 36 heavy (non-hydrogen) atoms. The molecule has 2 aromatic carbocycles. The summed E-state index contributed by atoms with van der Waals surface area (Å²) in [4.78, 5) is 31.9. The number of thioether (sulfide) groups is 1. The minimum Gasteiger partial charge on any atom is -0.493 e. The van der Waals surface area contributed by atoms with Gasteiger partial charge in [-0.2, -0.15) is 0 Å². The number of ether oxygens (including phenoxy) is 2. The Balaban J connectivity index is 1.56. The lowest BCUT2D eigenvalue weighted by Gasteiger charge is -2.17. The van der Waals surface area contributed by atoms with Crippen molar-refractivity contribution in [1.29, 1.82) is 0 Å². The summed E-state index contributed by atoms with van der Waals surface area (Å²) in [7, 11) is 3.11. The second-order valence-electron chi connectivity index (χ2n) is 7.99. The SMILES string of the molecule is COc1ccc(/C=C2/N=C(SCC(=O)Nc3c[n+](C(C)C)no3)N(c3ccccc3)C2=O)cc1OC. The number of hydrogen-bond donors (Lipinski definition) is 1. The summed E-state index contributed by atoms with van der Waals surface area (Å²) in [5, 5.41) is 6.92. The molecule has 0 unspecified atom stereocenters. The van der Waals surface area contributed by atoms with Crippen LogP contribution >= 0.6 is 11.8 Å². The molecule has 1 aliphatic rings. The zero-order valence-electron chi connectivity index (χ0n) is 20.3. The van der Waals surface area contributed by atoms with Gasteiger partial charge in [-0.25, -0.2) is 4.99 Å². The van der Waals surface area contributed by atoms with Crippen molar-refractivity contribution in [3.63, 3.8) is 0 Å². The molecule has 0 saturated heterocycles. The Morgan fingerprint density at radius 1 is 1.17 bits per heavy atom. The van der Waals surface area contributed by atoms with Crippen molar-refractivity contribution < 1.29 is 28.3 Å².